The van der Waals surface area contributed by atoms with E-state index in [1.807, 2.05) is 25.2 Å². The molecule has 4 rings (SSSR count). The summed E-state index contributed by atoms with van der Waals surface area (Å²) in [5, 5.41) is 34.0. The van der Waals surface area contributed by atoms with Crippen LogP contribution in [0.3, 0.4) is 0 Å². The van der Waals surface area contributed by atoms with Crippen LogP contribution in [-0.4, -0.2) is 44.3 Å². The van der Waals surface area contributed by atoms with Gasteiger partial charge in [0.25, 0.3) is 0 Å². The number of nitriles is 2. The topological polar surface area (TPSA) is 104 Å². The van der Waals surface area contributed by atoms with Crippen LogP contribution in [0.1, 0.15) is 85.5 Å². The first-order valence-corrected chi connectivity index (χ1v) is 13.3. The molecule has 3 unspecified atom stereocenters. The van der Waals surface area contributed by atoms with Crippen molar-refractivity contribution in [2.75, 3.05) is 26.2 Å². The Balaban J connectivity index is -0.000000360. The Morgan fingerprint density at radius 2 is 1.09 bits per heavy atom. The van der Waals surface area contributed by atoms with Crippen molar-refractivity contribution in [3.63, 3.8) is 0 Å². The Kier molecular flexibility index (Phi) is 34.3. The first-order valence-electron chi connectivity index (χ1n) is 12.4. The molecule has 0 aromatic heterocycles. The molecule has 205 valence electrons. The van der Waals surface area contributed by atoms with Crippen molar-refractivity contribution >= 4 is 25.3 Å². The van der Waals surface area contributed by atoms with Gasteiger partial charge >= 0.3 is 0 Å². The van der Waals surface area contributed by atoms with E-state index in [2.05, 4.69) is 67.3 Å². The molecule has 4 heterocycles. The van der Waals surface area contributed by atoms with Crippen LogP contribution in [0.4, 0.5) is 0 Å². The average molecular weight is 564 g/mol. The maximum atomic E-state index is 7.13. The van der Waals surface area contributed by atoms with Gasteiger partial charge in [0.05, 0.1) is 0 Å². The molecule has 0 spiro atoms. The Morgan fingerprint density at radius 3 is 1.20 bits per heavy atom. The summed E-state index contributed by atoms with van der Waals surface area (Å²) >= 11 is 7.40. The van der Waals surface area contributed by atoms with E-state index in [1.165, 1.54) is 68.6 Å². The van der Waals surface area contributed by atoms with Crippen molar-refractivity contribution in [3.05, 3.63) is 45.2 Å². The fourth-order valence-corrected chi connectivity index (χ4v) is 3.38. The summed E-state index contributed by atoms with van der Waals surface area (Å²) in [4.78, 5) is 0. The molecule has 3 saturated heterocycles. The minimum absolute atomic E-state index is 0. The second-order valence-electron chi connectivity index (χ2n) is 8.51. The van der Waals surface area contributed by atoms with Gasteiger partial charge in [0.2, 0.25) is 0 Å². The molecule has 1 radical (unpaired) electrons. The summed E-state index contributed by atoms with van der Waals surface area (Å²) in [6.45, 7) is 12.8. The predicted octanol–water partition coefficient (Wildman–Crippen LogP) is 7.66. The third-order valence-electron chi connectivity index (χ3n) is 5.33. The van der Waals surface area contributed by atoms with Crippen LogP contribution < -0.4 is 0 Å². The molecular weight excluding hydrogens is 519 g/mol. The van der Waals surface area contributed by atoms with Gasteiger partial charge in [-0.2, -0.15) is 5.70 Å². The Bertz CT molecular complexity index is 521. The number of piperidine rings is 3. The number of nitrogens with zero attached hydrogens (tertiary/aromatic N) is 6. The molecule has 4 aliphatic rings. The third kappa shape index (κ3) is 33.1. The summed E-state index contributed by atoms with van der Waals surface area (Å²) in [7, 11) is 0. The second kappa shape index (κ2) is 31.1. The first-order chi connectivity index (χ1) is 16.4. The molecule has 0 aromatic rings. The van der Waals surface area contributed by atoms with Crippen molar-refractivity contribution < 1.29 is 16.8 Å². The fourth-order valence-electron chi connectivity index (χ4n) is 3.38. The van der Waals surface area contributed by atoms with Gasteiger partial charge in [0, 0.05) is 16.8 Å². The smallest absolute Gasteiger partial charge is 0 e. The predicted molar refractivity (Wildman–Crippen MR) is 152 cm³/mol. The van der Waals surface area contributed by atoms with Gasteiger partial charge in [-0.15, -0.1) is 50.4 Å². The molecule has 3 atom stereocenters. The molecule has 4 aliphatic heterocycles. The fraction of sp³-hybridized carbons (Fsp3) is 0.769. The number of rotatable bonds is 0. The van der Waals surface area contributed by atoms with E-state index in [0.29, 0.717) is 18.1 Å². The molecular formula is C26H44CoN6S2-6. The van der Waals surface area contributed by atoms with Gasteiger partial charge in [-0.1, -0.05) is 108 Å². The van der Waals surface area contributed by atoms with Crippen molar-refractivity contribution in [1.82, 2.24) is 0 Å². The minimum Gasteiger partial charge on any atom is -0.696 e. The second-order valence-corrected chi connectivity index (χ2v) is 8.88. The van der Waals surface area contributed by atoms with Crippen LogP contribution in [0.15, 0.2) is 23.9 Å². The molecule has 9 heteroatoms. The zero-order chi connectivity index (χ0) is 25.9. The van der Waals surface area contributed by atoms with E-state index < -0.39 is 0 Å². The van der Waals surface area contributed by atoms with Gasteiger partial charge in [0.1, 0.15) is 0 Å². The summed E-state index contributed by atoms with van der Waals surface area (Å²) in [5.74, 6) is 0. The molecule has 0 aliphatic carbocycles. The largest absolute Gasteiger partial charge is 0.696 e. The first kappa shape index (κ1) is 38.6. The molecule has 0 saturated carbocycles. The van der Waals surface area contributed by atoms with Crippen LogP contribution in [0.5, 0.6) is 0 Å². The van der Waals surface area contributed by atoms with E-state index in [9.17, 15) is 0 Å². The van der Waals surface area contributed by atoms with Crippen LogP contribution >= 0.6 is 0 Å². The zero-order valence-electron chi connectivity index (χ0n) is 22.0. The molecule has 35 heavy (non-hydrogen) atoms. The van der Waals surface area contributed by atoms with Crippen LogP contribution in [0.2, 0.25) is 0 Å². The SMILES string of the molecule is CC1=CC=CC[N-]1.CC1CCCC[N-]1.CC1CCCC[N-]1.CC1CCCC[N-]1.N#C[S-].N#C[S-].[Co]. The van der Waals surface area contributed by atoms with Crippen LogP contribution in [0.25, 0.3) is 21.3 Å². The van der Waals surface area contributed by atoms with Crippen molar-refractivity contribution in [2.24, 2.45) is 0 Å². The van der Waals surface area contributed by atoms with E-state index >= 15 is 0 Å². The van der Waals surface area contributed by atoms with Crippen molar-refractivity contribution in [1.29, 1.82) is 10.5 Å². The van der Waals surface area contributed by atoms with Gasteiger partial charge in [-0.05, 0) is 0 Å². The van der Waals surface area contributed by atoms with Gasteiger partial charge < -0.3 is 46.5 Å². The molecule has 0 amide bonds. The number of hydrogen-bond donors (Lipinski definition) is 0. The van der Waals surface area contributed by atoms with Gasteiger partial charge in [0.15, 0.2) is 0 Å². The average Bonchev–Trinajstić information content (AvgIpc) is 2.83. The van der Waals surface area contributed by atoms with Crippen molar-refractivity contribution in [3.8, 4) is 10.8 Å². The Labute approximate surface area is 237 Å². The summed E-state index contributed by atoms with van der Waals surface area (Å²) in [6.07, 6.45) is 18.2. The van der Waals surface area contributed by atoms with E-state index in [4.69, 9.17) is 10.5 Å². The number of allylic oxidation sites excluding steroid dienone is 3. The summed E-state index contributed by atoms with van der Waals surface area (Å²) in [6, 6.07) is 1.98. The number of thiocyanates is 2. The molecule has 0 N–H and O–H groups in total. The quantitative estimate of drug-likeness (QED) is 0.223. The van der Waals surface area contributed by atoms with Gasteiger partial charge in [-0.25, -0.2) is 10.5 Å². The maximum Gasteiger partial charge on any atom is 0 e. The summed E-state index contributed by atoms with van der Waals surface area (Å²) < 4.78 is 0. The molecule has 0 aromatic carbocycles. The maximum absolute atomic E-state index is 7.13. The monoisotopic (exact) mass is 563 g/mol. The van der Waals surface area contributed by atoms with Crippen LogP contribution in [-0.2, 0) is 42.0 Å². The Hall–Kier alpha value is -0.914. The Morgan fingerprint density at radius 1 is 0.743 bits per heavy atom. The van der Waals surface area contributed by atoms with Crippen molar-refractivity contribution in [2.45, 2.75) is 104 Å². The third-order valence-corrected chi connectivity index (χ3v) is 5.33. The zero-order valence-corrected chi connectivity index (χ0v) is 24.7. The van der Waals surface area contributed by atoms with E-state index in [-0.39, 0.29) is 16.8 Å². The standard InChI is InChI=1S/3C6H12N.C6H8N.2CHNS.Co/c4*1-6-4-2-3-5-7-6;2*2-1-3;/h3*6H,2-5H2,1H3;2-4H,5H2,1H3;2*3H;/q4*-1;;;/p-2. The molecule has 6 nitrogen and oxygen atoms in total. The van der Waals surface area contributed by atoms with E-state index in [1.54, 1.807) is 0 Å². The minimum atomic E-state index is 0. The number of hydrogen-bond acceptors (Lipinski definition) is 4. The molecule has 0 bridgehead atoms. The van der Waals surface area contributed by atoms with Gasteiger partial charge in [-0.3, -0.25) is 0 Å². The van der Waals surface area contributed by atoms with Crippen LogP contribution in [0, 0.1) is 21.3 Å². The molecule has 3 fully saturated rings. The normalized spacial score (nSPS) is 23.8. The van der Waals surface area contributed by atoms with E-state index in [0.717, 1.165) is 31.9 Å². The summed E-state index contributed by atoms with van der Waals surface area (Å²) in [5.41, 5.74) is 1.13.